The third-order valence-corrected chi connectivity index (χ3v) is 2.26. The smallest absolute Gasteiger partial charge is 0.269 e. The Balaban J connectivity index is 2.42. The van der Waals surface area contributed by atoms with Crippen LogP contribution in [0.5, 0.6) is 0 Å². The number of aliphatic hydroxyl groups excluding tert-OH is 1. The van der Waals surface area contributed by atoms with Gasteiger partial charge >= 0.3 is 0 Å². The quantitative estimate of drug-likeness (QED) is 0.642. The van der Waals surface area contributed by atoms with E-state index in [2.05, 4.69) is 10.3 Å². The molecule has 4 nitrogen and oxygen atoms in total. The molecule has 0 radical (unpaired) electrons. The molecule has 4 heteroatoms. The Morgan fingerprint density at radius 1 is 1.47 bits per heavy atom. The van der Waals surface area contributed by atoms with Gasteiger partial charge in [0.25, 0.3) is 5.91 Å². The summed E-state index contributed by atoms with van der Waals surface area (Å²) < 4.78 is 0. The first-order valence-electron chi connectivity index (χ1n) is 4.69. The molecule has 2 aromatic rings. The number of aryl methyl sites for hydroxylation is 1. The Bertz CT molecular complexity index is 502. The third-order valence-electron chi connectivity index (χ3n) is 2.26. The summed E-state index contributed by atoms with van der Waals surface area (Å²) in [4.78, 5) is 14.4. The topological polar surface area (TPSA) is 65.1 Å². The van der Waals surface area contributed by atoms with Crippen LogP contribution in [-0.2, 0) is 0 Å². The fourth-order valence-electron chi connectivity index (χ4n) is 1.53. The molecule has 0 spiro atoms. The molecule has 0 aliphatic rings. The molecule has 0 saturated carbocycles. The van der Waals surface area contributed by atoms with E-state index in [1.54, 1.807) is 6.07 Å². The van der Waals surface area contributed by atoms with Gasteiger partial charge in [0, 0.05) is 10.9 Å². The fraction of sp³-hybridized carbons (Fsp3) is 0.182. The molecule has 0 bridgehead atoms. The molecule has 0 aliphatic carbocycles. The number of benzene rings is 1. The number of aliphatic hydroxyl groups is 1. The number of aromatic amines is 1. The van der Waals surface area contributed by atoms with Crippen LogP contribution in [0, 0.1) is 6.92 Å². The summed E-state index contributed by atoms with van der Waals surface area (Å²) in [5.41, 5.74) is 2.53. The van der Waals surface area contributed by atoms with Crippen molar-refractivity contribution in [2.45, 2.75) is 6.92 Å². The first-order valence-corrected chi connectivity index (χ1v) is 4.69. The Hall–Kier alpha value is -1.81. The average Bonchev–Trinajstić information content (AvgIpc) is 2.60. The second-order valence-corrected chi connectivity index (χ2v) is 3.44. The van der Waals surface area contributed by atoms with Gasteiger partial charge in [-0.3, -0.25) is 4.79 Å². The van der Waals surface area contributed by atoms with Gasteiger partial charge in [-0.05, 0) is 24.6 Å². The predicted octanol–water partition coefficient (Wildman–Crippen LogP) is 1.16. The van der Waals surface area contributed by atoms with Crippen LogP contribution in [0.1, 0.15) is 16.1 Å². The van der Waals surface area contributed by atoms with E-state index in [4.69, 9.17) is 5.11 Å². The summed E-state index contributed by atoms with van der Waals surface area (Å²) in [6.07, 6.45) is 0. The average molecular weight is 204 g/mol. The highest BCUT2D eigenvalue weighted by Gasteiger charge is 2.07. The number of aromatic nitrogens is 1. The minimum Gasteiger partial charge on any atom is -0.376 e. The van der Waals surface area contributed by atoms with Crippen molar-refractivity contribution in [2.24, 2.45) is 0 Å². The fourth-order valence-corrected chi connectivity index (χ4v) is 1.53. The molecule has 0 unspecified atom stereocenters. The molecule has 1 heterocycles. The maximum absolute atomic E-state index is 11.4. The highest BCUT2D eigenvalue weighted by atomic mass is 16.3. The van der Waals surface area contributed by atoms with Gasteiger partial charge in [0.05, 0.1) is 0 Å². The lowest BCUT2D eigenvalue weighted by Crippen LogP contribution is -2.24. The van der Waals surface area contributed by atoms with Gasteiger partial charge < -0.3 is 15.4 Å². The van der Waals surface area contributed by atoms with Crippen molar-refractivity contribution in [3.8, 4) is 0 Å². The molecule has 2 rings (SSSR count). The summed E-state index contributed by atoms with van der Waals surface area (Å²) in [6.45, 7) is 1.64. The molecule has 3 N–H and O–H groups in total. The third kappa shape index (κ3) is 1.85. The first-order chi connectivity index (χ1) is 7.20. The number of hydrogen-bond donors (Lipinski definition) is 3. The van der Waals surface area contributed by atoms with Crippen LogP contribution in [0.4, 0.5) is 0 Å². The summed E-state index contributed by atoms with van der Waals surface area (Å²) in [5.74, 6) is -0.300. The zero-order valence-electron chi connectivity index (χ0n) is 8.37. The van der Waals surface area contributed by atoms with E-state index < -0.39 is 0 Å². The largest absolute Gasteiger partial charge is 0.376 e. The maximum atomic E-state index is 11.4. The Morgan fingerprint density at radius 3 is 3.00 bits per heavy atom. The summed E-state index contributed by atoms with van der Waals surface area (Å²) in [7, 11) is 0. The Labute approximate surface area is 86.9 Å². The van der Waals surface area contributed by atoms with Crippen molar-refractivity contribution < 1.29 is 9.90 Å². The molecule has 0 saturated heterocycles. The molecular formula is C11H12N2O2. The summed E-state index contributed by atoms with van der Waals surface area (Å²) >= 11 is 0. The lowest BCUT2D eigenvalue weighted by molar-refractivity contribution is 0.0906. The van der Waals surface area contributed by atoms with Crippen LogP contribution in [-0.4, -0.2) is 22.7 Å². The second-order valence-electron chi connectivity index (χ2n) is 3.44. The monoisotopic (exact) mass is 204 g/mol. The van der Waals surface area contributed by atoms with Crippen molar-refractivity contribution in [3.05, 3.63) is 35.5 Å². The number of amides is 1. The van der Waals surface area contributed by atoms with E-state index in [9.17, 15) is 4.79 Å². The van der Waals surface area contributed by atoms with Gasteiger partial charge in [-0.15, -0.1) is 0 Å². The Kier molecular flexibility index (Phi) is 2.43. The molecule has 0 atom stereocenters. The predicted molar refractivity (Wildman–Crippen MR) is 57.6 cm³/mol. The van der Waals surface area contributed by atoms with E-state index >= 15 is 0 Å². The molecule has 1 aromatic heterocycles. The molecule has 0 fully saturated rings. The van der Waals surface area contributed by atoms with Gasteiger partial charge in [-0.1, -0.05) is 12.1 Å². The van der Waals surface area contributed by atoms with Gasteiger partial charge in [-0.25, -0.2) is 0 Å². The summed E-state index contributed by atoms with van der Waals surface area (Å²) in [6, 6.07) is 7.69. The highest BCUT2D eigenvalue weighted by Crippen LogP contribution is 2.16. The molecule has 1 aromatic carbocycles. The molecular weight excluding hydrogens is 192 g/mol. The number of carbonyl (C=O) groups is 1. The van der Waals surface area contributed by atoms with Crippen LogP contribution in [0.3, 0.4) is 0 Å². The summed E-state index contributed by atoms with van der Waals surface area (Å²) in [5, 5.41) is 11.9. The maximum Gasteiger partial charge on any atom is 0.269 e. The van der Waals surface area contributed by atoms with E-state index in [-0.39, 0.29) is 12.6 Å². The second kappa shape index (κ2) is 3.74. The highest BCUT2D eigenvalue weighted by molar-refractivity contribution is 5.98. The van der Waals surface area contributed by atoms with E-state index in [0.717, 1.165) is 16.5 Å². The minimum absolute atomic E-state index is 0.300. The SMILES string of the molecule is Cc1ccc2cc(C(=O)NCO)[nH]c2c1. The lowest BCUT2D eigenvalue weighted by Gasteiger charge is -1.96. The van der Waals surface area contributed by atoms with Crippen molar-refractivity contribution in [2.75, 3.05) is 6.73 Å². The van der Waals surface area contributed by atoms with Crippen LogP contribution >= 0.6 is 0 Å². The molecule has 15 heavy (non-hydrogen) atoms. The van der Waals surface area contributed by atoms with Crippen molar-refractivity contribution in [1.82, 2.24) is 10.3 Å². The van der Waals surface area contributed by atoms with Crippen molar-refractivity contribution in [1.29, 1.82) is 0 Å². The van der Waals surface area contributed by atoms with Gasteiger partial charge in [0.1, 0.15) is 12.4 Å². The van der Waals surface area contributed by atoms with Gasteiger partial charge in [0.15, 0.2) is 0 Å². The molecule has 0 aliphatic heterocycles. The lowest BCUT2D eigenvalue weighted by atomic mass is 10.2. The Morgan fingerprint density at radius 2 is 2.27 bits per heavy atom. The normalized spacial score (nSPS) is 10.5. The minimum atomic E-state index is -0.354. The van der Waals surface area contributed by atoms with Crippen molar-refractivity contribution >= 4 is 16.8 Å². The van der Waals surface area contributed by atoms with Crippen LogP contribution < -0.4 is 5.32 Å². The zero-order chi connectivity index (χ0) is 10.8. The van der Waals surface area contributed by atoms with Gasteiger partial charge in [-0.2, -0.15) is 0 Å². The van der Waals surface area contributed by atoms with E-state index in [0.29, 0.717) is 5.69 Å². The number of rotatable bonds is 2. The standard InChI is InChI=1S/C11H12N2O2/c1-7-2-3-8-5-10(11(15)12-6-14)13-9(8)4-7/h2-5,13-14H,6H2,1H3,(H,12,15). The molecule has 78 valence electrons. The number of carbonyl (C=O) groups excluding carboxylic acids is 1. The van der Waals surface area contributed by atoms with E-state index in [1.165, 1.54) is 0 Å². The molecule has 1 amide bonds. The van der Waals surface area contributed by atoms with Crippen LogP contribution in [0.15, 0.2) is 24.3 Å². The first kappa shape index (κ1) is 9.73. The number of hydrogen-bond acceptors (Lipinski definition) is 2. The van der Waals surface area contributed by atoms with Crippen LogP contribution in [0.2, 0.25) is 0 Å². The zero-order valence-corrected chi connectivity index (χ0v) is 8.37. The number of nitrogens with one attached hydrogen (secondary N) is 2. The van der Waals surface area contributed by atoms with Crippen molar-refractivity contribution in [3.63, 3.8) is 0 Å². The number of fused-ring (bicyclic) bond motifs is 1. The van der Waals surface area contributed by atoms with E-state index in [1.807, 2.05) is 25.1 Å². The van der Waals surface area contributed by atoms with Crippen LogP contribution in [0.25, 0.3) is 10.9 Å². The van der Waals surface area contributed by atoms with Gasteiger partial charge in [0.2, 0.25) is 0 Å². The number of H-pyrrole nitrogens is 1.